The summed E-state index contributed by atoms with van der Waals surface area (Å²) >= 11 is 2.85. The number of nitrogens with one attached hydrogen (secondary N) is 1. The number of hydrogen-bond acceptors (Lipinski definition) is 8. The predicted molar refractivity (Wildman–Crippen MR) is 104 cm³/mol. The van der Waals surface area contributed by atoms with E-state index < -0.39 is 0 Å². The lowest BCUT2D eigenvalue weighted by Gasteiger charge is -1.96. The van der Waals surface area contributed by atoms with E-state index in [-0.39, 0.29) is 11.6 Å². The summed E-state index contributed by atoms with van der Waals surface area (Å²) in [6.45, 7) is 0. The van der Waals surface area contributed by atoms with Crippen molar-refractivity contribution >= 4 is 34.1 Å². The molecule has 0 saturated heterocycles. The maximum atomic E-state index is 12.3. The molecule has 3 aromatic heterocycles. The first-order chi connectivity index (χ1) is 13.3. The van der Waals surface area contributed by atoms with Gasteiger partial charge in [-0.15, -0.1) is 10.2 Å². The molecule has 0 unspecified atom stereocenters. The smallest absolute Gasteiger partial charge is 0.279 e. The average molecular weight is 395 g/mol. The molecule has 1 amide bonds. The van der Waals surface area contributed by atoms with Crippen LogP contribution in [0.3, 0.4) is 0 Å². The minimum Gasteiger partial charge on any atom is -0.355 e. The molecule has 4 aromatic rings. The lowest BCUT2D eigenvalue weighted by Crippen LogP contribution is -2.11. The van der Waals surface area contributed by atoms with Gasteiger partial charge in [0.2, 0.25) is 5.13 Å². The number of nitrogens with zero attached hydrogens (tertiary/aromatic N) is 4. The van der Waals surface area contributed by atoms with Crippen LogP contribution in [0.25, 0.3) is 11.3 Å². The van der Waals surface area contributed by atoms with Crippen LogP contribution in [0.2, 0.25) is 0 Å². The average Bonchev–Trinajstić information content (AvgIpc) is 3.38. The number of anilines is 1. The molecule has 0 fully saturated rings. The van der Waals surface area contributed by atoms with Crippen LogP contribution in [-0.4, -0.2) is 26.2 Å². The minimum absolute atomic E-state index is 0.189. The van der Waals surface area contributed by atoms with Crippen molar-refractivity contribution in [3.8, 4) is 11.3 Å². The fraction of sp³-hybridized carbons (Fsp3) is 0.0556. The van der Waals surface area contributed by atoms with Gasteiger partial charge in [-0.1, -0.05) is 64.7 Å². The van der Waals surface area contributed by atoms with Crippen LogP contribution in [0.5, 0.6) is 0 Å². The van der Waals surface area contributed by atoms with Gasteiger partial charge in [-0.25, -0.2) is 0 Å². The molecule has 3 heterocycles. The summed E-state index contributed by atoms with van der Waals surface area (Å²) in [7, 11) is 0. The number of rotatable bonds is 6. The quantitative estimate of drug-likeness (QED) is 0.387. The van der Waals surface area contributed by atoms with E-state index in [1.807, 2.05) is 48.7 Å². The van der Waals surface area contributed by atoms with E-state index in [0.717, 1.165) is 21.2 Å². The molecule has 0 spiro atoms. The monoisotopic (exact) mass is 395 g/mol. The Bertz CT molecular complexity index is 1030. The maximum absolute atomic E-state index is 12.3. The fourth-order valence-electron chi connectivity index (χ4n) is 2.23. The number of amides is 1. The van der Waals surface area contributed by atoms with E-state index in [1.54, 1.807) is 12.3 Å². The molecular formula is C18H13N5O2S2. The summed E-state index contributed by atoms with van der Waals surface area (Å²) < 4.78 is 6.01. The molecule has 0 aliphatic carbocycles. The summed E-state index contributed by atoms with van der Waals surface area (Å²) in [6, 6.07) is 15.0. The van der Waals surface area contributed by atoms with E-state index in [9.17, 15) is 4.79 Å². The highest BCUT2D eigenvalue weighted by Gasteiger charge is 2.16. The van der Waals surface area contributed by atoms with Gasteiger partial charge in [0.25, 0.3) is 5.91 Å². The van der Waals surface area contributed by atoms with Gasteiger partial charge in [-0.3, -0.25) is 15.1 Å². The molecule has 0 radical (unpaired) electrons. The SMILES string of the molecule is O=C(Nc1nnc(SCc2cccnc2)s1)c1cc(-c2ccccc2)on1. The number of hydrogen-bond donors (Lipinski definition) is 1. The Morgan fingerprint density at radius 2 is 2.04 bits per heavy atom. The Balaban J connectivity index is 1.37. The second-order valence-electron chi connectivity index (χ2n) is 5.42. The third kappa shape index (κ3) is 4.39. The normalized spacial score (nSPS) is 10.7. The molecular weight excluding hydrogens is 382 g/mol. The Kier molecular flexibility index (Phi) is 5.22. The molecule has 134 valence electrons. The first-order valence-electron chi connectivity index (χ1n) is 7.96. The molecule has 1 N–H and O–H groups in total. The van der Waals surface area contributed by atoms with E-state index >= 15 is 0 Å². The van der Waals surface area contributed by atoms with Gasteiger partial charge in [-0.2, -0.15) is 0 Å². The Morgan fingerprint density at radius 1 is 1.15 bits per heavy atom. The predicted octanol–water partition coefficient (Wildman–Crippen LogP) is 4.13. The van der Waals surface area contributed by atoms with Crippen molar-refractivity contribution in [2.24, 2.45) is 0 Å². The van der Waals surface area contributed by atoms with Gasteiger partial charge in [0.1, 0.15) is 0 Å². The fourth-order valence-corrected chi connectivity index (χ4v) is 3.91. The Labute approximate surface area is 162 Å². The van der Waals surface area contributed by atoms with Gasteiger partial charge >= 0.3 is 0 Å². The maximum Gasteiger partial charge on any atom is 0.279 e. The molecule has 0 saturated carbocycles. The molecule has 4 rings (SSSR count). The zero-order valence-corrected chi connectivity index (χ0v) is 15.5. The highest BCUT2D eigenvalue weighted by atomic mass is 32.2. The van der Waals surface area contributed by atoms with Crippen LogP contribution in [0.4, 0.5) is 5.13 Å². The lowest BCUT2D eigenvalue weighted by atomic mass is 10.1. The zero-order valence-electron chi connectivity index (χ0n) is 13.9. The van der Waals surface area contributed by atoms with Gasteiger partial charge in [0, 0.05) is 29.8 Å². The number of carbonyl (C=O) groups excluding carboxylic acids is 1. The first kappa shape index (κ1) is 17.4. The van der Waals surface area contributed by atoms with Gasteiger partial charge in [-0.05, 0) is 11.6 Å². The van der Waals surface area contributed by atoms with Crippen molar-refractivity contribution in [3.05, 3.63) is 72.2 Å². The highest BCUT2D eigenvalue weighted by molar-refractivity contribution is 8.00. The first-order valence-corrected chi connectivity index (χ1v) is 9.77. The van der Waals surface area contributed by atoms with Crippen molar-refractivity contribution in [2.45, 2.75) is 10.1 Å². The molecule has 7 nitrogen and oxygen atoms in total. The molecule has 1 aromatic carbocycles. The van der Waals surface area contributed by atoms with Crippen LogP contribution in [0.1, 0.15) is 16.1 Å². The largest absolute Gasteiger partial charge is 0.355 e. The standard InChI is InChI=1S/C18H13N5O2S2/c24-16(14-9-15(25-23-14)13-6-2-1-3-7-13)20-17-21-22-18(27-17)26-11-12-5-4-8-19-10-12/h1-10H,11H2,(H,20,21,24). The van der Waals surface area contributed by atoms with Crippen molar-refractivity contribution in [3.63, 3.8) is 0 Å². The number of carbonyl (C=O) groups is 1. The van der Waals surface area contributed by atoms with Crippen molar-refractivity contribution < 1.29 is 9.32 Å². The Morgan fingerprint density at radius 3 is 2.85 bits per heavy atom. The van der Waals surface area contributed by atoms with Crippen LogP contribution in [0.15, 0.2) is 69.8 Å². The van der Waals surface area contributed by atoms with Crippen LogP contribution in [-0.2, 0) is 5.75 Å². The van der Waals surface area contributed by atoms with Crippen LogP contribution >= 0.6 is 23.1 Å². The third-order valence-electron chi connectivity index (χ3n) is 3.51. The van der Waals surface area contributed by atoms with Gasteiger partial charge in [0.05, 0.1) is 0 Å². The number of aromatic nitrogens is 4. The summed E-state index contributed by atoms with van der Waals surface area (Å²) in [6.07, 6.45) is 3.55. The number of benzene rings is 1. The molecule has 0 aliphatic heterocycles. The summed E-state index contributed by atoms with van der Waals surface area (Å²) in [5, 5.41) is 15.0. The van der Waals surface area contributed by atoms with Crippen molar-refractivity contribution in [1.29, 1.82) is 0 Å². The van der Waals surface area contributed by atoms with E-state index in [0.29, 0.717) is 10.9 Å². The summed E-state index contributed by atoms with van der Waals surface area (Å²) in [4.78, 5) is 16.4. The lowest BCUT2D eigenvalue weighted by molar-refractivity contribution is 0.101. The molecule has 9 heteroatoms. The minimum atomic E-state index is -0.388. The van der Waals surface area contributed by atoms with Crippen molar-refractivity contribution in [1.82, 2.24) is 20.3 Å². The van der Waals surface area contributed by atoms with E-state index in [4.69, 9.17) is 4.52 Å². The number of thioether (sulfide) groups is 1. The summed E-state index contributed by atoms with van der Waals surface area (Å²) in [5.74, 6) is 0.881. The topological polar surface area (TPSA) is 93.8 Å². The van der Waals surface area contributed by atoms with E-state index in [2.05, 4.69) is 25.7 Å². The highest BCUT2D eigenvalue weighted by Crippen LogP contribution is 2.28. The third-order valence-corrected chi connectivity index (χ3v) is 5.56. The molecule has 0 aliphatic rings. The Hall–Kier alpha value is -3.04. The zero-order chi connectivity index (χ0) is 18.5. The van der Waals surface area contributed by atoms with Crippen LogP contribution in [0, 0.1) is 0 Å². The molecule has 27 heavy (non-hydrogen) atoms. The van der Waals surface area contributed by atoms with Gasteiger partial charge < -0.3 is 4.52 Å². The number of pyridine rings is 1. The second-order valence-corrected chi connectivity index (χ2v) is 7.62. The summed E-state index contributed by atoms with van der Waals surface area (Å²) in [5.41, 5.74) is 2.14. The van der Waals surface area contributed by atoms with Crippen LogP contribution < -0.4 is 5.32 Å². The van der Waals surface area contributed by atoms with Gasteiger partial charge in [0.15, 0.2) is 15.8 Å². The van der Waals surface area contributed by atoms with Crippen molar-refractivity contribution in [2.75, 3.05) is 5.32 Å². The molecule has 0 atom stereocenters. The van der Waals surface area contributed by atoms with E-state index in [1.165, 1.54) is 23.1 Å². The molecule has 0 bridgehead atoms. The second kappa shape index (κ2) is 8.11.